The van der Waals surface area contributed by atoms with Gasteiger partial charge in [-0.05, 0) is 19.1 Å². The highest BCUT2D eigenvalue weighted by molar-refractivity contribution is 7.10. The van der Waals surface area contributed by atoms with Crippen LogP contribution in [0, 0.1) is 11.3 Å². The standard InChI is InChI=1S/C16H15N5OS/c1-16(7-13(22)21(2)15(18)20-16)14-19-12(9-23-14)11-5-3-4-10(6-11)8-17/h3-6,9H,7H2,1-2H3,(H2,18,20). The maximum atomic E-state index is 12.1. The molecule has 6 nitrogen and oxygen atoms in total. The Morgan fingerprint density at radius 2 is 2.26 bits per heavy atom. The number of aromatic nitrogens is 1. The minimum atomic E-state index is -0.747. The molecular formula is C16H15N5OS. The zero-order chi connectivity index (χ0) is 16.6. The molecule has 2 N–H and O–H groups in total. The second-order valence-electron chi connectivity index (χ2n) is 5.60. The first-order chi connectivity index (χ1) is 10.9. The number of hydrogen-bond acceptors (Lipinski definition) is 6. The number of aliphatic imine (C=N–C) groups is 1. The highest BCUT2D eigenvalue weighted by Crippen LogP contribution is 2.36. The van der Waals surface area contributed by atoms with Gasteiger partial charge in [0.2, 0.25) is 5.91 Å². The number of nitrogens with two attached hydrogens (primary N) is 1. The van der Waals surface area contributed by atoms with Crippen LogP contribution in [0.5, 0.6) is 0 Å². The zero-order valence-corrected chi connectivity index (χ0v) is 13.6. The molecule has 1 aliphatic heterocycles. The van der Waals surface area contributed by atoms with Crippen molar-refractivity contribution in [2.24, 2.45) is 10.7 Å². The van der Waals surface area contributed by atoms with E-state index >= 15 is 0 Å². The quantitative estimate of drug-likeness (QED) is 0.914. The Labute approximate surface area is 137 Å². The van der Waals surface area contributed by atoms with Gasteiger partial charge in [-0.1, -0.05) is 12.1 Å². The van der Waals surface area contributed by atoms with Crippen molar-refractivity contribution in [3.05, 3.63) is 40.2 Å². The van der Waals surface area contributed by atoms with E-state index in [-0.39, 0.29) is 18.3 Å². The molecule has 0 aliphatic carbocycles. The number of nitriles is 1. The Hall–Kier alpha value is -2.72. The SMILES string of the molecule is CN1C(=O)CC(C)(c2nc(-c3cccc(C#N)c3)cs2)N=C1N. The molecule has 7 heteroatoms. The van der Waals surface area contributed by atoms with Gasteiger partial charge in [0.1, 0.15) is 10.5 Å². The van der Waals surface area contributed by atoms with E-state index in [1.807, 2.05) is 24.4 Å². The molecule has 1 unspecified atom stereocenters. The molecule has 0 spiro atoms. The number of benzene rings is 1. The third-order valence-corrected chi connectivity index (χ3v) is 4.92. The van der Waals surface area contributed by atoms with Crippen LogP contribution in [0.15, 0.2) is 34.6 Å². The fourth-order valence-electron chi connectivity index (χ4n) is 2.43. The fraction of sp³-hybridized carbons (Fsp3) is 0.250. The highest BCUT2D eigenvalue weighted by Gasteiger charge is 2.38. The Morgan fingerprint density at radius 3 is 2.96 bits per heavy atom. The van der Waals surface area contributed by atoms with Crippen LogP contribution < -0.4 is 5.73 Å². The Bertz CT molecular complexity index is 850. The molecule has 23 heavy (non-hydrogen) atoms. The number of amides is 1. The molecule has 2 aromatic rings. The lowest BCUT2D eigenvalue weighted by Crippen LogP contribution is -2.47. The second-order valence-corrected chi connectivity index (χ2v) is 6.46. The van der Waals surface area contributed by atoms with E-state index in [0.717, 1.165) is 16.3 Å². The molecule has 0 radical (unpaired) electrons. The minimum Gasteiger partial charge on any atom is -0.369 e. The summed E-state index contributed by atoms with van der Waals surface area (Å²) in [6.07, 6.45) is 0.232. The molecule has 0 saturated carbocycles. The molecule has 116 valence electrons. The summed E-state index contributed by atoms with van der Waals surface area (Å²) in [5.41, 5.74) is 7.30. The van der Waals surface area contributed by atoms with E-state index in [9.17, 15) is 4.79 Å². The van der Waals surface area contributed by atoms with Crippen molar-refractivity contribution < 1.29 is 4.79 Å². The monoisotopic (exact) mass is 325 g/mol. The number of carbonyl (C=O) groups is 1. The van der Waals surface area contributed by atoms with Crippen molar-refractivity contribution in [1.29, 1.82) is 5.26 Å². The van der Waals surface area contributed by atoms with E-state index in [0.29, 0.717) is 5.56 Å². The van der Waals surface area contributed by atoms with Crippen LogP contribution >= 0.6 is 11.3 Å². The summed E-state index contributed by atoms with van der Waals surface area (Å²) in [7, 11) is 1.61. The van der Waals surface area contributed by atoms with E-state index in [4.69, 9.17) is 11.0 Å². The average Bonchev–Trinajstić information content (AvgIpc) is 3.03. The molecule has 1 amide bonds. The molecule has 0 fully saturated rings. The van der Waals surface area contributed by atoms with Crippen LogP contribution in [-0.4, -0.2) is 28.8 Å². The summed E-state index contributed by atoms with van der Waals surface area (Å²) in [5, 5.41) is 11.6. The van der Waals surface area contributed by atoms with Crippen LogP contribution in [-0.2, 0) is 10.3 Å². The first-order valence-electron chi connectivity index (χ1n) is 7.01. The molecule has 0 saturated heterocycles. The lowest BCUT2D eigenvalue weighted by atomic mass is 9.97. The van der Waals surface area contributed by atoms with Crippen molar-refractivity contribution in [3.8, 4) is 17.3 Å². The summed E-state index contributed by atoms with van der Waals surface area (Å²) in [5.74, 6) is 0.121. The summed E-state index contributed by atoms with van der Waals surface area (Å²) in [6.45, 7) is 1.86. The maximum absolute atomic E-state index is 12.1. The number of thiazole rings is 1. The minimum absolute atomic E-state index is 0.0803. The van der Waals surface area contributed by atoms with Gasteiger partial charge in [-0.15, -0.1) is 11.3 Å². The van der Waals surface area contributed by atoms with Gasteiger partial charge in [-0.25, -0.2) is 9.98 Å². The van der Waals surface area contributed by atoms with E-state index in [1.165, 1.54) is 16.2 Å². The summed E-state index contributed by atoms with van der Waals surface area (Å²) >= 11 is 1.44. The van der Waals surface area contributed by atoms with Gasteiger partial charge < -0.3 is 5.73 Å². The highest BCUT2D eigenvalue weighted by atomic mass is 32.1. The maximum Gasteiger partial charge on any atom is 0.231 e. The van der Waals surface area contributed by atoms with Crippen LogP contribution in [0.25, 0.3) is 11.3 Å². The van der Waals surface area contributed by atoms with Gasteiger partial charge >= 0.3 is 0 Å². The van der Waals surface area contributed by atoms with E-state index in [1.54, 1.807) is 19.2 Å². The molecule has 2 heterocycles. The Morgan fingerprint density at radius 1 is 1.48 bits per heavy atom. The number of carbonyl (C=O) groups excluding carboxylic acids is 1. The molecule has 0 bridgehead atoms. The van der Waals surface area contributed by atoms with Crippen molar-refractivity contribution in [2.45, 2.75) is 18.9 Å². The second kappa shape index (κ2) is 5.48. The van der Waals surface area contributed by atoms with Gasteiger partial charge in [0, 0.05) is 18.0 Å². The molecule has 1 aromatic carbocycles. The van der Waals surface area contributed by atoms with Crippen LogP contribution in [0.3, 0.4) is 0 Å². The molecule has 3 rings (SSSR count). The smallest absolute Gasteiger partial charge is 0.231 e. The van der Waals surface area contributed by atoms with Crippen LogP contribution in [0.4, 0.5) is 0 Å². The van der Waals surface area contributed by atoms with E-state index < -0.39 is 5.54 Å². The number of nitrogens with zero attached hydrogens (tertiary/aromatic N) is 4. The third kappa shape index (κ3) is 2.69. The lowest BCUT2D eigenvalue weighted by molar-refractivity contribution is -0.128. The fourth-order valence-corrected chi connectivity index (χ4v) is 3.37. The van der Waals surface area contributed by atoms with Crippen molar-refractivity contribution in [2.75, 3.05) is 7.05 Å². The molecule has 1 atom stereocenters. The van der Waals surface area contributed by atoms with Crippen molar-refractivity contribution in [1.82, 2.24) is 9.88 Å². The van der Waals surface area contributed by atoms with Gasteiger partial charge in [0.05, 0.1) is 23.7 Å². The number of guanidine groups is 1. The van der Waals surface area contributed by atoms with E-state index in [2.05, 4.69) is 16.0 Å². The first-order valence-corrected chi connectivity index (χ1v) is 7.89. The van der Waals surface area contributed by atoms with Gasteiger partial charge in [0.15, 0.2) is 5.96 Å². The van der Waals surface area contributed by atoms with Crippen molar-refractivity contribution in [3.63, 3.8) is 0 Å². The topological polar surface area (TPSA) is 95.4 Å². The number of hydrogen-bond donors (Lipinski definition) is 1. The molecular weight excluding hydrogens is 310 g/mol. The van der Waals surface area contributed by atoms with Crippen molar-refractivity contribution >= 4 is 23.2 Å². The normalized spacial score (nSPS) is 21.0. The average molecular weight is 325 g/mol. The Balaban J connectivity index is 1.99. The Kier molecular flexibility index (Phi) is 3.62. The molecule has 1 aromatic heterocycles. The molecule has 1 aliphatic rings. The van der Waals surface area contributed by atoms with Gasteiger partial charge in [-0.3, -0.25) is 9.69 Å². The van der Waals surface area contributed by atoms with Crippen LogP contribution in [0.1, 0.15) is 23.9 Å². The first kappa shape index (κ1) is 15.2. The third-order valence-electron chi connectivity index (χ3n) is 3.83. The van der Waals surface area contributed by atoms with Gasteiger partial charge in [-0.2, -0.15) is 5.26 Å². The predicted octanol–water partition coefficient (Wildman–Crippen LogP) is 2.07. The summed E-state index contributed by atoms with van der Waals surface area (Å²) < 4.78 is 0. The van der Waals surface area contributed by atoms with Crippen LogP contribution in [0.2, 0.25) is 0 Å². The van der Waals surface area contributed by atoms with Gasteiger partial charge in [0.25, 0.3) is 0 Å². The predicted molar refractivity (Wildman–Crippen MR) is 88.6 cm³/mol. The lowest BCUT2D eigenvalue weighted by Gasteiger charge is -2.31. The number of rotatable bonds is 2. The largest absolute Gasteiger partial charge is 0.369 e. The zero-order valence-electron chi connectivity index (χ0n) is 12.8. The summed E-state index contributed by atoms with van der Waals surface area (Å²) in [6, 6.07) is 9.38. The summed E-state index contributed by atoms with van der Waals surface area (Å²) in [4.78, 5) is 22.5.